The molecule has 0 spiro atoms. The molecule has 0 heterocycles. The average molecular weight is 264 g/mol. The maximum atomic E-state index is 5.65. The van der Waals surface area contributed by atoms with E-state index in [4.69, 9.17) is 18.0 Å². The smallest absolute Gasteiger partial charge is 0.0771 e. The van der Waals surface area contributed by atoms with E-state index in [0.29, 0.717) is 11.4 Å². The Kier molecular flexibility index (Phi) is 6.91. The highest BCUT2D eigenvalue weighted by Crippen LogP contribution is 2.13. The Morgan fingerprint density at radius 3 is 2.44 bits per heavy atom. The second-order valence-electron chi connectivity index (χ2n) is 4.63. The number of hydrogen-bond acceptors (Lipinski definition) is 2. The topological polar surface area (TPSA) is 29.3 Å². The summed E-state index contributed by atoms with van der Waals surface area (Å²) in [5.41, 5.74) is 8.27. The van der Waals surface area contributed by atoms with Gasteiger partial charge in [-0.15, -0.1) is 0 Å². The van der Waals surface area contributed by atoms with Gasteiger partial charge in [0, 0.05) is 13.0 Å². The highest BCUT2D eigenvalue weighted by molar-refractivity contribution is 7.80. The number of rotatable bonds is 8. The number of nitrogens with zero attached hydrogens (tertiary/aromatic N) is 1. The van der Waals surface area contributed by atoms with Crippen LogP contribution in [0.1, 0.15) is 37.8 Å². The molecule has 2 N–H and O–H groups in total. The summed E-state index contributed by atoms with van der Waals surface area (Å²) in [6, 6.07) is 8.45. The van der Waals surface area contributed by atoms with Crippen molar-refractivity contribution in [3.8, 4) is 0 Å². The van der Waals surface area contributed by atoms with Gasteiger partial charge in [0.2, 0.25) is 0 Å². The van der Waals surface area contributed by atoms with E-state index < -0.39 is 0 Å². The predicted octanol–water partition coefficient (Wildman–Crippen LogP) is 3.14. The summed E-state index contributed by atoms with van der Waals surface area (Å²) in [7, 11) is 0. The van der Waals surface area contributed by atoms with Crippen LogP contribution in [0.3, 0.4) is 0 Å². The molecule has 1 aromatic carbocycles. The molecule has 0 aromatic heterocycles. The lowest BCUT2D eigenvalue weighted by molar-refractivity contribution is 0.275. The number of unbranched alkanes of at least 4 members (excludes halogenated alkanes) is 1. The third kappa shape index (κ3) is 5.15. The van der Waals surface area contributed by atoms with Gasteiger partial charge >= 0.3 is 0 Å². The van der Waals surface area contributed by atoms with Gasteiger partial charge < -0.3 is 5.73 Å². The summed E-state index contributed by atoms with van der Waals surface area (Å²) in [6.07, 6.45) is 3.20. The van der Waals surface area contributed by atoms with E-state index in [1.54, 1.807) is 0 Å². The van der Waals surface area contributed by atoms with E-state index in [9.17, 15) is 0 Å². The highest BCUT2D eigenvalue weighted by atomic mass is 32.1. The molecule has 0 radical (unpaired) electrons. The molecule has 1 rings (SSSR count). The lowest BCUT2D eigenvalue weighted by Gasteiger charge is -2.21. The average Bonchev–Trinajstić information content (AvgIpc) is 2.35. The van der Waals surface area contributed by atoms with Crippen molar-refractivity contribution in [2.45, 2.75) is 39.7 Å². The quantitative estimate of drug-likeness (QED) is 0.731. The zero-order chi connectivity index (χ0) is 13.4. The van der Waals surface area contributed by atoms with Crippen molar-refractivity contribution in [1.82, 2.24) is 4.90 Å². The van der Waals surface area contributed by atoms with Gasteiger partial charge in [-0.3, -0.25) is 4.90 Å². The molecule has 2 nitrogen and oxygen atoms in total. The fraction of sp³-hybridized carbons (Fsp3) is 0.533. The Hall–Kier alpha value is -0.930. The standard InChI is InChI=1S/C15H24N2S/c1-3-5-10-17(4-2)12-14-9-7-6-8-13(14)11-15(16)18/h6-9H,3-5,10-12H2,1-2H3,(H2,16,18). The van der Waals surface area contributed by atoms with Crippen molar-refractivity contribution in [3.63, 3.8) is 0 Å². The summed E-state index contributed by atoms with van der Waals surface area (Å²) in [4.78, 5) is 3.04. The van der Waals surface area contributed by atoms with Gasteiger partial charge in [0.15, 0.2) is 0 Å². The number of benzene rings is 1. The van der Waals surface area contributed by atoms with E-state index in [-0.39, 0.29) is 0 Å². The molecular weight excluding hydrogens is 240 g/mol. The fourth-order valence-corrected chi connectivity index (χ4v) is 2.20. The van der Waals surface area contributed by atoms with Crippen molar-refractivity contribution in [2.75, 3.05) is 13.1 Å². The molecule has 0 aliphatic heterocycles. The van der Waals surface area contributed by atoms with Crippen LogP contribution in [0, 0.1) is 0 Å². The van der Waals surface area contributed by atoms with Gasteiger partial charge in [0.25, 0.3) is 0 Å². The van der Waals surface area contributed by atoms with Crippen LogP contribution in [0.15, 0.2) is 24.3 Å². The van der Waals surface area contributed by atoms with Crippen LogP contribution >= 0.6 is 12.2 Å². The second-order valence-corrected chi connectivity index (χ2v) is 5.16. The van der Waals surface area contributed by atoms with Gasteiger partial charge in [0.1, 0.15) is 0 Å². The number of nitrogens with two attached hydrogens (primary N) is 1. The van der Waals surface area contributed by atoms with Crippen LogP contribution in [0.2, 0.25) is 0 Å². The SMILES string of the molecule is CCCCN(CC)Cc1ccccc1CC(N)=S. The first-order chi connectivity index (χ1) is 8.67. The molecule has 0 saturated carbocycles. The Morgan fingerprint density at radius 2 is 1.89 bits per heavy atom. The lowest BCUT2D eigenvalue weighted by atomic mass is 10.0. The van der Waals surface area contributed by atoms with Gasteiger partial charge in [0.05, 0.1) is 4.99 Å². The van der Waals surface area contributed by atoms with Gasteiger partial charge in [-0.1, -0.05) is 56.8 Å². The van der Waals surface area contributed by atoms with E-state index in [1.165, 1.54) is 24.0 Å². The van der Waals surface area contributed by atoms with Gasteiger partial charge in [-0.2, -0.15) is 0 Å². The molecule has 0 aliphatic carbocycles. The first-order valence-corrected chi connectivity index (χ1v) is 7.15. The summed E-state index contributed by atoms with van der Waals surface area (Å²) >= 11 is 5.01. The molecule has 0 bridgehead atoms. The summed E-state index contributed by atoms with van der Waals surface area (Å²) in [5.74, 6) is 0. The monoisotopic (exact) mass is 264 g/mol. The maximum absolute atomic E-state index is 5.65. The van der Waals surface area contributed by atoms with Crippen LogP contribution in [0.5, 0.6) is 0 Å². The fourth-order valence-electron chi connectivity index (χ4n) is 2.04. The minimum Gasteiger partial charge on any atom is -0.393 e. The summed E-state index contributed by atoms with van der Waals surface area (Å²) in [6.45, 7) is 7.69. The lowest BCUT2D eigenvalue weighted by Crippen LogP contribution is -2.25. The third-order valence-corrected chi connectivity index (χ3v) is 3.30. The molecule has 0 atom stereocenters. The van der Waals surface area contributed by atoms with E-state index in [0.717, 1.165) is 19.6 Å². The minimum absolute atomic E-state index is 0.569. The molecule has 0 unspecified atom stereocenters. The zero-order valence-corrected chi connectivity index (χ0v) is 12.3. The molecular formula is C15H24N2S. The van der Waals surface area contributed by atoms with Crippen molar-refractivity contribution in [2.24, 2.45) is 5.73 Å². The third-order valence-electron chi connectivity index (χ3n) is 3.15. The summed E-state index contributed by atoms with van der Waals surface area (Å²) < 4.78 is 0. The Balaban J connectivity index is 2.72. The first-order valence-electron chi connectivity index (χ1n) is 6.74. The van der Waals surface area contributed by atoms with E-state index in [1.807, 2.05) is 0 Å². The summed E-state index contributed by atoms with van der Waals surface area (Å²) in [5, 5.41) is 0. The van der Waals surface area contributed by atoms with Crippen molar-refractivity contribution in [1.29, 1.82) is 0 Å². The Labute approximate surface area is 116 Å². The van der Waals surface area contributed by atoms with E-state index in [2.05, 4.69) is 43.0 Å². The van der Waals surface area contributed by atoms with Crippen molar-refractivity contribution in [3.05, 3.63) is 35.4 Å². The predicted molar refractivity (Wildman–Crippen MR) is 82.8 cm³/mol. The largest absolute Gasteiger partial charge is 0.393 e. The molecule has 18 heavy (non-hydrogen) atoms. The zero-order valence-electron chi connectivity index (χ0n) is 11.5. The Morgan fingerprint density at radius 1 is 1.22 bits per heavy atom. The normalized spacial score (nSPS) is 10.8. The maximum Gasteiger partial charge on any atom is 0.0771 e. The first kappa shape index (κ1) is 15.1. The second kappa shape index (κ2) is 8.22. The van der Waals surface area contributed by atoms with Gasteiger partial charge in [-0.25, -0.2) is 0 Å². The number of hydrogen-bond donors (Lipinski definition) is 1. The minimum atomic E-state index is 0.569. The molecule has 1 aromatic rings. The van der Waals surface area contributed by atoms with Crippen LogP contribution in [-0.4, -0.2) is 23.0 Å². The molecule has 100 valence electrons. The molecule has 0 aliphatic rings. The molecule has 0 amide bonds. The molecule has 3 heteroatoms. The Bertz CT molecular complexity index is 377. The van der Waals surface area contributed by atoms with Crippen LogP contribution in [0.4, 0.5) is 0 Å². The van der Waals surface area contributed by atoms with Crippen molar-refractivity contribution < 1.29 is 0 Å². The highest BCUT2D eigenvalue weighted by Gasteiger charge is 2.07. The van der Waals surface area contributed by atoms with Crippen molar-refractivity contribution >= 4 is 17.2 Å². The van der Waals surface area contributed by atoms with Crippen LogP contribution in [-0.2, 0) is 13.0 Å². The van der Waals surface area contributed by atoms with Crippen LogP contribution in [0.25, 0.3) is 0 Å². The van der Waals surface area contributed by atoms with E-state index >= 15 is 0 Å². The van der Waals surface area contributed by atoms with Crippen LogP contribution < -0.4 is 5.73 Å². The van der Waals surface area contributed by atoms with Gasteiger partial charge in [-0.05, 0) is 30.6 Å². The number of thiocarbonyl (C=S) groups is 1. The molecule has 0 saturated heterocycles. The molecule has 0 fully saturated rings.